The zero-order valence-corrected chi connectivity index (χ0v) is 18.1. The van der Waals surface area contributed by atoms with Gasteiger partial charge in [0, 0.05) is 6.42 Å². The molecular weight excluding hydrogens is 404 g/mol. The van der Waals surface area contributed by atoms with Gasteiger partial charge < -0.3 is 14.2 Å². The van der Waals surface area contributed by atoms with E-state index in [1.807, 2.05) is 39.0 Å². The number of hydrogen-bond acceptors (Lipinski definition) is 8. The number of aryl methyl sites for hydroxylation is 1. The van der Waals surface area contributed by atoms with E-state index in [0.717, 1.165) is 27.1 Å². The van der Waals surface area contributed by atoms with Crippen LogP contribution in [0.3, 0.4) is 0 Å². The van der Waals surface area contributed by atoms with Crippen LogP contribution in [0, 0.1) is 6.92 Å². The molecule has 0 amide bonds. The number of fused-ring (bicyclic) bond motifs is 3. The first-order chi connectivity index (χ1) is 14.5. The fourth-order valence-electron chi connectivity index (χ4n) is 3.33. The number of nitrogens with zero attached hydrogens (tertiary/aromatic N) is 4. The Labute approximate surface area is 177 Å². The van der Waals surface area contributed by atoms with Gasteiger partial charge in [-0.15, -0.1) is 16.4 Å². The molecule has 0 fully saturated rings. The van der Waals surface area contributed by atoms with Crippen LogP contribution in [0.1, 0.15) is 40.5 Å². The average molecular weight is 426 g/mol. The van der Waals surface area contributed by atoms with Crippen LogP contribution in [0.5, 0.6) is 11.5 Å². The van der Waals surface area contributed by atoms with Crippen LogP contribution < -0.4 is 9.47 Å². The Kier molecular flexibility index (Phi) is 5.54. The molecule has 0 N–H and O–H groups in total. The largest absolute Gasteiger partial charge is 0.490 e. The summed E-state index contributed by atoms with van der Waals surface area (Å²) in [6.07, 6.45) is 2.15. The molecule has 0 unspecified atom stereocenters. The van der Waals surface area contributed by atoms with Gasteiger partial charge in [0.1, 0.15) is 16.0 Å². The number of benzene rings is 1. The minimum atomic E-state index is -0.369. The van der Waals surface area contributed by atoms with Gasteiger partial charge in [-0.3, -0.25) is 0 Å². The molecule has 156 valence electrons. The normalized spacial score (nSPS) is 11.2. The number of carbonyl (C=O) groups excluding carboxylic acids is 1. The second-order valence-electron chi connectivity index (χ2n) is 6.59. The minimum Gasteiger partial charge on any atom is -0.490 e. The summed E-state index contributed by atoms with van der Waals surface area (Å²) in [6, 6.07) is 5.85. The predicted octanol–water partition coefficient (Wildman–Crippen LogP) is 3.82. The summed E-state index contributed by atoms with van der Waals surface area (Å²) in [5.74, 6) is 1.72. The Morgan fingerprint density at radius 3 is 2.67 bits per heavy atom. The van der Waals surface area contributed by atoms with E-state index in [2.05, 4.69) is 10.1 Å². The van der Waals surface area contributed by atoms with Crippen LogP contribution in [-0.4, -0.2) is 45.9 Å². The van der Waals surface area contributed by atoms with Crippen molar-refractivity contribution in [1.29, 1.82) is 0 Å². The second-order valence-corrected chi connectivity index (χ2v) is 7.59. The molecule has 0 radical (unpaired) electrons. The highest BCUT2D eigenvalue weighted by Gasteiger charge is 2.20. The number of methoxy groups -OCH3 is 1. The van der Waals surface area contributed by atoms with Gasteiger partial charge in [0.05, 0.1) is 25.7 Å². The van der Waals surface area contributed by atoms with Gasteiger partial charge in [-0.05, 0) is 44.0 Å². The number of carbonyl (C=O) groups is 1. The lowest BCUT2D eigenvalue weighted by atomic mass is 10.1. The van der Waals surface area contributed by atoms with E-state index in [0.29, 0.717) is 41.7 Å². The molecule has 0 bridgehead atoms. The summed E-state index contributed by atoms with van der Waals surface area (Å²) in [5.41, 5.74) is 2.49. The summed E-state index contributed by atoms with van der Waals surface area (Å²) in [5, 5.41) is 5.39. The van der Waals surface area contributed by atoms with Crippen molar-refractivity contribution < 1.29 is 19.0 Å². The molecule has 8 nitrogen and oxygen atoms in total. The fourth-order valence-corrected chi connectivity index (χ4v) is 4.39. The molecule has 30 heavy (non-hydrogen) atoms. The smallest absolute Gasteiger partial charge is 0.348 e. The van der Waals surface area contributed by atoms with Crippen molar-refractivity contribution in [1.82, 2.24) is 19.6 Å². The maximum absolute atomic E-state index is 12.0. The lowest BCUT2D eigenvalue weighted by Crippen LogP contribution is -2.00. The monoisotopic (exact) mass is 426 g/mol. The highest BCUT2D eigenvalue weighted by atomic mass is 32.1. The van der Waals surface area contributed by atoms with Crippen LogP contribution in [0.2, 0.25) is 0 Å². The van der Waals surface area contributed by atoms with Crippen molar-refractivity contribution in [2.45, 2.75) is 27.2 Å². The third kappa shape index (κ3) is 3.56. The molecule has 0 aliphatic carbocycles. The Morgan fingerprint density at radius 2 is 1.93 bits per heavy atom. The summed E-state index contributed by atoms with van der Waals surface area (Å²) in [4.78, 5) is 22.5. The number of thiophene rings is 1. The van der Waals surface area contributed by atoms with E-state index in [9.17, 15) is 4.79 Å². The summed E-state index contributed by atoms with van der Waals surface area (Å²) >= 11 is 1.30. The molecular formula is C21H22N4O4S. The van der Waals surface area contributed by atoms with Crippen molar-refractivity contribution in [3.63, 3.8) is 0 Å². The zero-order chi connectivity index (χ0) is 21.3. The topological polar surface area (TPSA) is 87.8 Å². The maximum atomic E-state index is 12.0. The van der Waals surface area contributed by atoms with Crippen LogP contribution >= 0.6 is 11.3 Å². The van der Waals surface area contributed by atoms with Crippen molar-refractivity contribution in [2.75, 3.05) is 20.3 Å². The molecule has 0 aliphatic rings. The van der Waals surface area contributed by atoms with Crippen molar-refractivity contribution in [2.24, 2.45) is 0 Å². The molecule has 0 saturated carbocycles. The minimum absolute atomic E-state index is 0.369. The summed E-state index contributed by atoms with van der Waals surface area (Å²) in [7, 11) is 1.37. The van der Waals surface area contributed by atoms with E-state index in [1.54, 1.807) is 10.8 Å². The Morgan fingerprint density at radius 1 is 1.17 bits per heavy atom. The first kappa shape index (κ1) is 20.1. The van der Waals surface area contributed by atoms with Gasteiger partial charge in [-0.2, -0.15) is 0 Å². The average Bonchev–Trinajstić information content (AvgIpc) is 3.30. The molecule has 3 heterocycles. The molecule has 4 rings (SSSR count). The number of aromatic nitrogens is 4. The van der Waals surface area contributed by atoms with Crippen LogP contribution in [0.25, 0.3) is 15.9 Å². The van der Waals surface area contributed by atoms with Crippen molar-refractivity contribution in [3.05, 3.63) is 46.4 Å². The standard InChI is InChI=1S/C21H22N4O4S/c1-5-28-14-8-7-13(9-15(14)29-6-2)10-16-23-19-17-12(3)18(21(26)27-4)30-20(17)22-11-25(19)24-16/h7-9,11H,5-6,10H2,1-4H3. The number of esters is 1. The van der Waals surface area contributed by atoms with Gasteiger partial charge in [0.15, 0.2) is 23.0 Å². The van der Waals surface area contributed by atoms with E-state index in [-0.39, 0.29) is 5.97 Å². The number of hydrogen-bond donors (Lipinski definition) is 0. The third-order valence-electron chi connectivity index (χ3n) is 4.65. The first-order valence-corrected chi connectivity index (χ1v) is 10.5. The van der Waals surface area contributed by atoms with Gasteiger partial charge in [0.25, 0.3) is 0 Å². The third-order valence-corrected chi connectivity index (χ3v) is 5.83. The molecule has 1 aromatic carbocycles. The van der Waals surface area contributed by atoms with Gasteiger partial charge >= 0.3 is 5.97 Å². The van der Waals surface area contributed by atoms with Gasteiger partial charge in [-0.25, -0.2) is 19.3 Å². The SMILES string of the molecule is CCOc1ccc(Cc2nc3c4c(C)c(C(=O)OC)sc4ncn3n2)cc1OCC. The van der Waals surface area contributed by atoms with Crippen LogP contribution in [0.4, 0.5) is 0 Å². The Balaban J connectivity index is 1.72. The lowest BCUT2D eigenvalue weighted by Gasteiger charge is -2.11. The first-order valence-electron chi connectivity index (χ1n) is 9.65. The summed E-state index contributed by atoms with van der Waals surface area (Å²) < 4.78 is 17.9. The van der Waals surface area contributed by atoms with Crippen molar-refractivity contribution >= 4 is 33.2 Å². The van der Waals surface area contributed by atoms with Gasteiger partial charge in [-0.1, -0.05) is 6.07 Å². The number of ether oxygens (including phenoxy) is 3. The summed E-state index contributed by atoms with van der Waals surface area (Å²) in [6.45, 7) is 6.89. The molecule has 0 aliphatic heterocycles. The molecule has 0 saturated heterocycles. The highest BCUT2D eigenvalue weighted by molar-refractivity contribution is 7.20. The highest BCUT2D eigenvalue weighted by Crippen LogP contribution is 2.33. The number of rotatable bonds is 7. The molecule has 9 heteroatoms. The predicted molar refractivity (Wildman–Crippen MR) is 114 cm³/mol. The van der Waals surface area contributed by atoms with E-state index >= 15 is 0 Å². The Hall–Kier alpha value is -3.20. The lowest BCUT2D eigenvalue weighted by molar-refractivity contribution is 0.0605. The fraction of sp³-hybridized carbons (Fsp3) is 0.333. The molecule has 4 aromatic rings. The Bertz CT molecular complexity index is 1230. The molecule has 3 aromatic heterocycles. The molecule has 0 atom stereocenters. The maximum Gasteiger partial charge on any atom is 0.348 e. The molecule has 0 spiro atoms. The quantitative estimate of drug-likeness (QED) is 0.415. The van der Waals surface area contributed by atoms with E-state index in [4.69, 9.17) is 19.2 Å². The van der Waals surface area contributed by atoms with Crippen LogP contribution in [-0.2, 0) is 11.2 Å². The van der Waals surface area contributed by atoms with E-state index in [1.165, 1.54) is 18.4 Å². The van der Waals surface area contributed by atoms with Gasteiger partial charge in [0.2, 0.25) is 0 Å². The second kappa shape index (κ2) is 8.27. The zero-order valence-electron chi connectivity index (χ0n) is 17.3. The van der Waals surface area contributed by atoms with E-state index < -0.39 is 0 Å². The van der Waals surface area contributed by atoms with Crippen molar-refractivity contribution in [3.8, 4) is 11.5 Å². The van der Waals surface area contributed by atoms with Crippen LogP contribution in [0.15, 0.2) is 24.5 Å².